The molecule has 0 aliphatic carbocycles. The van der Waals surface area contributed by atoms with Gasteiger partial charge in [0.05, 0.1) is 6.17 Å². The van der Waals surface area contributed by atoms with Crippen LogP contribution in [0, 0.1) is 5.92 Å². The number of rotatable bonds is 1. The number of hydrogen-bond donors (Lipinski definition) is 2. The van der Waals surface area contributed by atoms with E-state index in [1.165, 1.54) is 0 Å². The standard InChI is InChI=1S/C15H14ClN5O/c16-8-1-2-10-9(4-8)12-13(22-10)14(20-15(17)19-12)21-6-7-3-11(21)18-5-7/h1-2,4,7,11,18H,3,5-6H2,(H2,17,19,20). The highest BCUT2D eigenvalue weighted by molar-refractivity contribution is 6.31. The van der Waals surface area contributed by atoms with Crippen LogP contribution in [-0.4, -0.2) is 29.2 Å². The largest absolute Gasteiger partial charge is 0.450 e. The van der Waals surface area contributed by atoms with Gasteiger partial charge in [0.15, 0.2) is 11.4 Å². The maximum Gasteiger partial charge on any atom is 0.222 e. The molecule has 3 aromatic rings. The highest BCUT2D eigenvalue weighted by atomic mass is 35.5. The molecule has 2 fully saturated rings. The number of furan rings is 1. The summed E-state index contributed by atoms with van der Waals surface area (Å²) < 4.78 is 6.00. The van der Waals surface area contributed by atoms with Crippen LogP contribution in [0.4, 0.5) is 11.8 Å². The van der Waals surface area contributed by atoms with Crippen LogP contribution in [0.2, 0.25) is 5.02 Å². The quantitative estimate of drug-likeness (QED) is 0.717. The van der Waals surface area contributed by atoms with Crippen LogP contribution in [-0.2, 0) is 0 Å². The van der Waals surface area contributed by atoms with E-state index in [4.69, 9.17) is 21.8 Å². The minimum atomic E-state index is 0.257. The summed E-state index contributed by atoms with van der Waals surface area (Å²) in [5, 5.41) is 5.01. The molecule has 4 heterocycles. The summed E-state index contributed by atoms with van der Waals surface area (Å²) in [7, 11) is 0. The van der Waals surface area contributed by atoms with Crippen LogP contribution in [0.15, 0.2) is 22.6 Å². The van der Waals surface area contributed by atoms with Crippen molar-refractivity contribution in [2.24, 2.45) is 5.92 Å². The van der Waals surface area contributed by atoms with E-state index < -0.39 is 0 Å². The van der Waals surface area contributed by atoms with Gasteiger partial charge in [0.25, 0.3) is 0 Å². The van der Waals surface area contributed by atoms with Gasteiger partial charge in [-0.15, -0.1) is 0 Å². The second-order valence-corrected chi connectivity index (χ2v) is 6.44. The van der Waals surface area contributed by atoms with E-state index in [1.807, 2.05) is 18.2 Å². The lowest BCUT2D eigenvalue weighted by atomic mass is 10.2. The molecule has 5 rings (SSSR count). The Morgan fingerprint density at radius 1 is 1.36 bits per heavy atom. The van der Waals surface area contributed by atoms with Crippen LogP contribution in [0.1, 0.15) is 6.42 Å². The highest BCUT2D eigenvalue weighted by Crippen LogP contribution is 2.38. The first-order chi connectivity index (χ1) is 10.7. The molecule has 112 valence electrons. The minimum Gasteiger partial charge on any atom is -0.450 e. The second-order valence-electron chi connectivity index (χ2n) is 6.00. The van der Waals surface area contributed by atoms with Crippen LogP contribution in [0.25, 0.3) is 22.1 Å². The summed E-state index contributed by atoms with van der Waals surface area (Å²) in [6.45, 7) is 2.04. The molecule has 2 unspecified atom stereocenters. The van der Waals surface area contributed by atoms with Crippen LogP contribution >= 0.6 is 11.6 Å². The van der Waals surface area contributed by atoms with Crippen molar-refractivity contribution in [2.45, 2.75) is 12.6 Å². The molecule has 22 heavy (non-hydrogen) atoms. The van der Waals surface area contributed by atoms with Crippen molar-refractivity contribution in [1.29, 1.82) is 0 Å². The number of nitrogens with zero attached hydrogens (tertiary/aromatic N) is 3. The average molecular weight is 316 g/mol. The van der Waals surface area contributed by atoms with Crippen LogP contribution < -0.4 is 16.0 Å². The zero-order chi connectivity index (χ0) is 14.8. The Hall–Kier alpha value is -2.05. The number of anilines is 2. The summed E-state index contributed by atoms with van der Waals surface area (Å²) in [6, 6.07) is 5.52. The first kappa shape index (κ1) is 12.5. The molecule has 2 aromatic heterocycles. The van der Waals surface area contributed by atoms with Gasteiger partial charge in [0, 0.05) is 23.5 Å². The molecular formula is C15H14ClN5O. The van der Waals surface area contributed by atoms with Gasteiger partial charge in [-0.1, -0.05) is 11.6 Å². The van der Waals surface area contributed by atoms with Crippen molar-refractivity contribution < 1.29 is 4.42 Å². The van der Waals surface area contributed by atoms with E-state index in [0.29, 0.717) is 22.7 Å². The predicted octanol–water partition coefficient (Wildman–Crippen LogP) is 2.37. The van der Waals surface area contributed by atoms with Gasteiger partial charge in [-0.3, -0.25) is 5.32 Å². The Balaban J connectivity index is 1.79. The second kappa shape index (κ2) is 4.24. The van der Waals surface area contributed by atoms with Crippen molar-refractivity contribution in [2.75, 3.05) is 23.7 Å². The van der Waals surface area contributed by atoms with E-state index in [-0.39, 0.29) is 5.95 Å². The SMILES string of the molecule is Nc1nc(N2CC3CNC2C3)c2oc3ccc(Cl)cc3c2n1. The lowest BCUT2D eigenvalue weighted by Gasteiger charge is -2.28. The van der Waals surface area contributed by atoms with Gasteiger partial charge in [-0.2, -0.15) is 4.98 Å². The third-order valence-corrected chi connectivity index (χ3v) is 4.81. The fourth-order valence-electron chi connectivity index (χ4n) is 3.61. The van der Waals surface area contributed by atoms with Gasteiger partial charge in [0.1, 0.15) is 11.1 Å². The molecule has 7 heteroatoms. The van der Waals surface area contributed by atoms with Gasteiger partial charge < -0.3 is 15.1 Å². The molecule has 2 aliphatic rings. The summed E-state index contributed by atoms with van der Waals surface area (Å²) in [4.78, 5) is 11.0. The molecule has 0 saturated carbocycles. The maximum absolute atomic E-state index is 6.10. The third kappa shape index (κ3) is 1.65. The zero-order valence-electron chi connectivity index (χ0n) is 11.7. The van der Waals surface area contributed by atoms with Crippen molar-refractivity contribution in [1.82, 2.24) is 15.3 Å². The Morgan fingerprint density at radius 3 is 3.05 bits per heavy atom. The van der Waals surface area contributed by atoms with E-state index in [1.54, 1.807) is 0 Å². The summed E-state index contributed by atoms with van der Waals surface area (Å²) in [5.74, 6) is 1.69. The maximum atomic E-state index is 6.10. The van der Waals surface area contributed by atoms with Gasteiger partial charge in [-0.25, -0.2) is 4.98 Å². The van der Waals surface area contributed by atoms with E-state index in [9.17, 15) is 0 Å². The van der Waals surface area contributed by atoms with Crippen molar-refractivity contribution in [3.8, 4) is 0 Å². The van der Waals surface area contributed by atoms with E-state index in [0.717, 1.165) is 41.8 Å². The predicted molar refractivity (Wildman–Crippen MR) is 86.0 cm³/mol. The molecule has 1 aromatic carbocycles. The minimum absolute atomic E-state index is 0.257. The first-order valence-corrected chi connectivity index (χ1v) is 7.72. The Morgan fingerprint density at radius 2 is 2.27 bits per heavy atom. The number of nitrogens with two attached hydrogens (primary N) is 1. The number of fused-ring (bicyclic) bond motifs is 5. The highest BCUT2D eigenvalue weighted by Gasteiger charge is 2.39. The summed E-state index contributed by atoms with van der Waals surface area (Å²) in [6.07, 6.45) is 1.44. The normalized spacial score (nSPS) is 24.0. The molecule has 2 bridgehead atoms. The number of hydrogen-bond acceptors (Lipinski definition) is 6. The molecular weight excluding hydrogens is 302 g/mol. The molecule has 2 aliphatic heterocycles. The number of halogens is 1. The molecule has 0 amide bonds. The molecule has 0 radical (unpaired) electrons. The van der Waals surface area contributed by atoms with Crippen LogP contribution in [0.3, 0.4) is 0 Å². The Labute approximate surface area is 131 Å². The first-order valence-electron chi connectivity index (χ1n) is 7.34. The number of aromatic nitrogens is 2. The van der Waals surface area contributed by atoms with Crippen molar-refractivity contribution in [3.63, 3.8) is 0 Å². The monoisotopic (exact) mass is 315 g/mol. The smallest absolute Gasteiger partial charge is 0.222 e. The zero-order valence-corrected chi connectivity index (χ0v) is 12.5. The number of benzene rings is 1. The number of nitrogens with one attached hydrogen (secondary N) is 1. The summed E-state index contributed by atoms with van der Waals surface area (Å²) >= 11 is 6.10. The molecule has 0 spiro atoms. The van der Waals surface area contributed by atoms with Crippen molar-refractivity contribution >= 4 is 45.4 Å². The topological polar surface area (TPSA) is 80.2 Å². The van der Waals surface area contributed by atoms with Crippen molar-refractivity contribution in [3.05, 3.63) is 23.2 Å². The number of nitrogen functional groups attached to an aromatic ring is 1. The average Bonchev–Trinajstić information content (AvgIpc) is 3.20. The van der Waals surface area contributed by atoms with Gasteiger partial charge in [0.2, 0.25) is 5.95 Å². The van der Waals surface area contributed by atoms with Gasteiger partial charge in [-0.05, 0) is 30.5 Å². The summed E-state index contributed by atoms with van der Waals surface area (Å²) in [5.41, 5.74) is 8.09. The van der Waals surface area contributed by atoms with Gasteiger partial charge >= 0.3 is 0 Å². The van der Waals surface area contributed by atoms with E-state index >= 15 is 0 Å². The molecule has 6 nitrogen and oxygen atoms in total. The Kier molecular flexibility index (Phi) is 2.41. The Bertz CT molecular complexity index is 908. The molecule has 3 N–H and O–H groups in total. The lowest BCUT2D eigenvalue weighted by Crippen LogP contribution is -2.44. The fourth-order valence-corrected chi connectivity index (χ4v) is 3.79. The third-order valence-electron chi connectivity index (χ3n) is 4.58. The molecule has 2 atom stereocenters. The lowest BCUT2D eigenvalue weighted by molar-refractivity contribution is 0.532. The molecule has 2 saturated heterocycles. The van der Waals surface area contributed by atoms with Crippen LogP contribution in [0.5, 0.6) is 0 Å². The fraction of sp³-hybridized carbons (Fsp3) is 0.333. The van der Waals surface area contributed by atoms with E-state index in [2.05, 4.69) is 20.2 Å².